The molecule has 2 aliphatic carbocycles. The molecule has 0 aromatic heterocycles. The van der Waals surface area contributed by atoms with Crippen molar-refractivity contribution in [1.29, 1.82) is 0 Å². The van der Waals surface area contributed by atoms with Crippen molar-refractivity contribution >= 4 is 41.9 Å². The molecule has 6 aliphatic heterocycles. The summed E-state index contributed by atoms with van der Waals surface area (Å²) in [5.74, 6) is -1.33. The van der Waals surface area contributed by atoms with E-state index in [0.717, 1.165) is 37.1 Å². The van der Waals surface area contributed by atoms with Gasteiger partial charge in [-0.15, -0.1) is 0 Å². The number of ether oxygens (including phenoxy) is 3. The molecule has 3 saturated heterocycles. The van der Waals surface area contributed by atoms with Crippen molar-refractivity contribution < 1.29 is 27.8 Å². The van der Waals surface area contributed by atoms with E-state index in [1.54, 1.807) is 12.4 Å². The fourth-order valence-electron chi connectivity index (χ4n) is 9.01. The molecule has 0 aromatic rings. The summed E-state index contributed by atoms with van der Waals surface area (Å²) in [4.78, 5) is 30.1. The van der Waals surface area contributed by atoms with Gasteiger partial charge in [-0.25, -0.2) is 18.6 Å². The van der Waals surface area contributed by atoms with Gasteiger partial charge in [0.15, 0.2) is 5.83 Å². The van der Waals surface area contributed by atoms with Gasteiger partial charge in [-0.3, -0.25) is 20.2 Å². The number of hydrazone groups is 1. The number of nitrogens with two attached hydrogens (primary N) is 1. The molecule has 4 fully saturated rings. The third-order valence-corrected chi connectivity index (χ3v) is 11.7. The van der Waals surface area contributed by atoms with Crippen molar-refractivity contribution in [3.8, 4) is 0 Å². The van der Waals surface area contributed by atoms with Crippen molar-refractivity contribution in [1.82, 2.24) is 15.2 Å². The number of nitrogens with one attached hydrogen (secondary N) is 1. The van der Waals surface area contributed by atoms with Crippen LogP contribution in [-0.2, 0) is 14.2 Å². The van der Waals surface area contributed by atoms with E-state index < -0.39 is 41.6 Å². The minimum atomic E-state index is -0.893. The number of allylic oxidation sites excluding steroid dienone is 5. The zero-order valence-corrected chi connectivity index (χ0v) is 28.3. The lowest BCUT2D eigenvalue weighted by atomic mass is 9.75. The monoisotopic (exact) mass is 700 g/mol. The fourth-order valence-corrected chi connectivity index (χ4v) is 9.39. The summed E-state index contributed by atoms with van der Waals surface area (Å²) in [5, 5.41) is 4.83. The molecule has 3 N–H and O–H groups in total. The van der Waals surface area contributed by atoms with E-state index in [-0.39, 0.29) is 54.3 Å². The lowest BCUT2D eigenvalue weighted by Gasteiger charge is -2.38. The molecule has 49 heavy (non-hydrogen) atoms. The lowest BCUT2D eigenvalue weighted by molar-refractivity contribution is 0.101. The summed E-state index contributed by atoms with van der Waals surface area (Å²) in [6, 6.07) is 0.112. The number of carbonyl (C=O) groups excluding carboxylic acids is 1. The van der Waals surface area contributed by atoms with Crippen LogP contribution in [0.15, 0.2) is 54.0 Å². The predicted octanol–water partition coefficient (Wildman–Crippen LogP) is 3.90. The topological polar surface area (TPSA) is 139 Å². The van der Waals surface area contributed by atoms with Crippen molar-refractivity contribution in [2.45, 2.75) is 56.9 Å². The quantitative estimate of drug-likeness (QED) is 0.392. The number of halogens is 3. The van der Waals surface area contributed by atoms with E-state index in [1.807, 2.05) is 6.08 Å². The smallest absolute Gasteiger partial charge is 0.404 e. The van der Waals surface area contributed by atoms with Crippen molar-refractivity contribution in [2.24, 2.45) is 61.3 Å². The molecular weight excluding hydrogens is 658 g/mol. The maximum absolute atomic E-state index is 17.3. The molecule has 264 valence electrons. The molecule has 6 heterocycles. The SMILES string of the molecule is C[C@H]1COCCN(C2N=C(OC[C@@]34CCCN3C[C@H](F)C4)N=C3C(F)=C(C4C([C@@H]5C[C@@H]5CCOC(N)=O)=C(Cl)C=C5NN=CC54)N=CC32)C1. The predicted molar refractivity (Wildman–Crippen MR) is 181 cm³/mol. The highest BCUT2D eigenvalue weighted by atomic mass is 35.5. The molecule has 8 aliphatic rings. The Morgan fingerprint density at radius 3 is 3.00 bits per heavy atom. The second-order valence-corrected chi connectivity index (χ2v) is 15.1. The molecular formula is C34H43ClF2N8O4. The highest BCUT2D eigenvalue weighted by Crippen LogP contribution is 2.56. The number of primary amides is 1. The van der Waals surface area contributed by atoms with Gasteiger partial charge in [0, 0.05) is 55.1 Å². The number of rotatable bonds is 8. The average Bonchev–Trinajstić information content (AvgIpc) is 3.39. The van der Waals surface area contributed by atoms with E-state index in [4.69, 9.17) is 46.5 Å². The fraction of sp³-hybridized carbons (Fsp3) is 0.676. The molecule has 1 saturated carbocycles. The Morgan fingerprint density at radius 2 is 2.14 bits per heavy atom. The Bertz CT molecular complexity index is 1600. The van der Waals surface area contributed by atoms with Gasteiger partial charge in [-0.1, -0.05) is 18.5 Å². The normalized spacial score (nSPS) is 38.7. The number of hydrogen-bond acceptors (Lipinski definition) is 11. The number of aliphatic imine (C=N–C) groups is 3. The standard InChI is InChI=1S/C34H43ClF2N8O4/c1-18-14-44(6-8-47-16-18)31-23-12-39-30(28(37)29(23)41-33(42-31)49-17-34-4-2-5-45(34)15-20(36)11-34)27-22-13-40-43-25(22)10-24(35)26(27)21-9-19(21)3-7-48-32(38)46/h10,12-13,18-23,27,31,43H,2-9,11,14-17H2,1H3,(H2,38,46)/t18-,19+,20-,21-,22?,23?,27?,31?,34+/m1/s1. The number of amidine groups is 1. The van der Waals surface area contributed by atoms with Gasteiger partial charge in [0.1, 0.15) is 18.9 Å². The molecule has 1 amide bonds. The van der Waals surface area contributed by atoms with Crippen molar-refractivity contribution in [2.75, 3.05) is 52.6 Å². The van der Waals surface area contributed by atoms with Gasteiger partial charge < -0.3 is 19.9 Å². The molecule has 12 nitrogen and oxygen atoms in total. The van der Waals surface area contributed by atoms with E-state index in [9.17, 15) is 9.18 Å². The van der Waals surface area contributed by atoms with Gasteiger partial charge in [-0.2, -0.15) is 10.1 Å². The summed E-state index contributed by atoms with van der Waals surface area (Å²) in [5.41, 5.74) is 9.94. The second kappa shape index (κ2) is 13.2. The zero-order chi connectivity index (χ0) is 33.9. The first-order valence-electron chi connectivity index (χ1n) is 17.5. The highest BCUT2D eigenvalue weighted by molar-refractivity contribution is 6.32. The van der Waals surface area contributed by atoms with Crippen LogP contribution in [0.5, 0.6) is 0 Å². The average molecular weight is 701 g/mol. The first-order chi connectivity index (χ1) is 23.7. The third-order valence-electron chi connectivity index (χ3n) is 11.4. The Morgan fingerprint density at radius 1 is 1.27 bits per heavy atom. The van der Waals surface area contributed by atoms with Crippen LogP contribution in [0.2, 0.25) is 0 Å². The number of amides is 1. The lowest BCUT2D eigenvalue weighted by Crippen LogP contribution is -2.49. The van der Waals surface area contributed by atoms with Gasteiger partial charge in [0.25, 0.3) is 0 Å². The summed E-state index contributed by atoms with van der Waals surface area (Å²) in [6.45, 7) is 6.34. The molecule has 15 heteroatoms. The van der Waals surface area contributed by atoms with Crippen LogP contribution in [0.1, 0.15) is 39.0 Å². The van der Waals surface area contributed by atoms with E-state index in [2.05, 4.69) is 27.3 Å². The summed E-state index contributed by atoms with van der Waals surface area (Å²) < 4.78 is 49.0. The second-order valence-electron chi connectivity index (χ2n) is 14.7. The van der Waals surface area contributed by atoms with Crippen LogP contribution in [0.4, 0.5) is 13.6 Å². The third kappa shape index (κ3) is 6.23. The molecule has 8 rings (SSSR count). The van der Waals surface area contributed by atoms with Crippen LogP contribution in [0, 0.1) is 35.5 Å². The molecule has 0 spiro atoms. The number of alkyl halides is 1. The molecule has 0 bridgehead atoms. The van der Waals surface area contributed by atoms with Crippen molar-refractivity contribution in [3.63, 3.8) is 0 Å². The summed E-state index contributed by atoms with van der Waals surface area (Å²) in [7, 11) is 0. The summed E-state index contributed by atoms with van der Waals surface area (Å²) in [6.07, 6.45) is 6.91. The number of nitrogens with zero attached hydrogens (tertiary/aromatic N) is 6. The van der Waals surface area contributed by atoms with Crippen LogP contribution in [0.25, 0.3) is 0 Å². The van der Waals surface area contributed by atoms with Crippen LogP contribution in [-0.4, -0.2) is 111 Å². The Balaban J connectivity index is 1.12. The van der Waals surface area contributed by atoms with Gasteiger partial charge in [-0.05, 0) is 61.6 Å². The van der Waals surface area contributed by atoms with E-state index >= 15 is 4.39 Å². The largest absolute Gasteiger partial charge is 0.462 e. The van der Waals surface area contributed by atoms with E-state index in [0.29, 0.717) is 50.7 Å². The van der Waals surface area contributed by atoms with E-state index in [1.165, 1.54) is 0 Å². The van der Waals surface area contributed by atoms with Crippen LogP contribution < -0.4 is 11.2 Å². The molecule has 0 aromatic carbocycles. The van der Waals surface area contributed by atoms with Crippen LogP contribution in [0.3, 0.4) is 0 Å². The first-order valence-corrected chi connectivity index (χ1v) is 17.9. The first kappa shape index (κ1) is 33.0. The van der Waals surface area contributed by atoms with Gasteiger partial charge >= 0.3 is 12.1 Å². The van der Waals surface area contributed by atoms with Crippen molar-refractivity contribution in [3.05, 3.63) is 33.9 Å². The van der Waals surface area contributed by atoms with Gasteiger partial charge in [0.2, 0.25) is 0 Å². The zero-order valence-electron chi connectivity index (χ0n) is 27.6. The number of fused-ring (bicyclic) bond motifs is 3. The van der Waals surface area contributed by atoms with Crippen LogP contribution >= 0.6 is 11.6 Å². The highest BCUT2D eigenvalue weighted by Gasteiger charge is 2.52. The molecule has 9 atom stereocenters. The van der Waals surface area contributed by atoms with Gasteiger partial charge in [0.05, 0.1) is 48.6 Å². The minimum absolute atomic E-state index is 0.0634. The Labute approximate surface area is 289 Å². The molecule has 4 unspecified atom stereocenters. The minimum Gasteiger partial charge on any atom is -0.462 e. The Hall–Kier alpha value is -3.20. The Kier molecular flexibility index (Phi) is 8.86. The molecule has 0 radical (unpaired) electrons. The number of hydrogen-bond donors (Lipinski definition) is 2. The maximum atomic E-state index is 17.3. The maximum Gasteiger partial charge on any atom is 0.404 e. The summed E-state index contributed by atoms with van der Waals surface area (Å²) >= 11 is 6.95. The number of carbonyl (C=O) groups is 1.